The molecule has 7 nitrogen and oxygen atoms in total. The summed E-state index contributed by atoms with van der Waals surface area (Å²) >= 11 is 0. The predicted molar refractivity (Wildman–Crippen MR) is 81.7 cm³/mol. The number of ether oxygens (including phenoxy) is 1. The topological polar surface area (TPSA) is 93.5 Å². The van der Waals surface area contributed by atoms with Crippen molar-refractivity contribution >= 4 is 11.9 Å². The third-order valence-electron chi connectivity index (χ3n) is 3.78. The second-order valence-electron chi connectivity index (χ2n) is 5.45. The van der Waals surface area contributed by atoms with E-state index in [1.54, 1.807) is 6.20 Å². The summed E-state index contributed by atoms with van der Waals surface area (Å²) in [5.74, 6) is -1.27. The molecule has 0 bridgehead atoms. The largest absolute Gasteiger partial charge is 0.493 e. The summed E-state index contributed by atoms with van der Waals surface area (Å²) in [5, 5.41) is 16.0. The van der Waals surface area contributed by atoms with Crippen LogP contribution >= 0.6 is 0 Å². The quantitative estimate of drug-likeness (QED) is 0.842. The monoisotopic (exact) mass is 315 g/mol. The highest BCUT2D eigenvalue weighted by Crippen LogP contribution is 2.33. The van der Waals surface area contributed by atoms with Crippen molar-refractivity contribution < 1.29 is 19.4 Å². The zero-order valence-corrected chi connectivity index (χ0v) is 12.6. The third-order valence-corrected chi connectivity index (χ3v) is 3.78. The van der Waals surface area contributed by atoms with Crippen molar-refractivity contribution in [2.45, 2.75) is 18.9 Å². The maximum absolute atomic E-state index is 12.4. The Balaban J connectivity index is 1.85. The van der Waals surface area contributed by atoms with Crippen LogP contribution in [-0.4, -0.2) is 39.9 Å². The van der Waals surface area contributed by atoms with Gasteiger partial charge in [-0.3, -0.25) is 4.79 Å². The molecule has 0 radical (unpaired) electrons. The van der Waals surface area contributed by atoms with Gasteiger partial charge in [-0.1, -0.05) is 18.2 Å². The molecule has 7 heteroatoms. The summed E-state index contributed by atoms with van der Waals surface area (Å²) in [6.07, 6.45) is 3.22. The van der Waals surface area contributed by atoms with Gasteiger partial charge in [0.1, 0.15) is 6.04 Å². The number of para-hydroxylation sites is 1. The first-order valence-electron chi connectivity index (χ1n) is 7.33. The summed E-state index contributed by atoms with van der Waals surface area (Å²) in [7, 11) is 1.44. The first kappa shape index (κ1) is 15.1. The van der Waals surface area contributed by atoms with Crippen molar-refractivity contribution in [3.63, 3.8) is 0 Å². The molecular weight excluding hydrogens is 298 g/mol. The molecular formula is C16H17N3O4. The lowest BCUT2D eigenvalue weighted by atomic mass is 10.2. The number of carbonyl (C=O) groups is 2. The normalized spacial score (nSPS) is 15.0. The van der Waals surface area contributed by atoms with Gasteiger partial charge in [-0.25, -0.2) is 9.48 Å². The number of carboxylic acid groups (broad SMARTS) is 1. The highest BCUT2D eigenvalue weighted by molar-refractivity contribution is 5.97. The van der Waals surface area contributed by atoms with E-state index in [2.05, 4.69) is 10.4 Å². The van der Waals surface area contributed by atoms with Crippen LogP contribution < -0.4 is 10.1 Å². The molecule has 2 aromatic rings. The molecule has 2 N–H and O–H groups in total. The fraction of sp³-hybridized carbons (Fsp3) is 0.312. The van der Waals surface area contributed by atoms with Crippen LogP contribution in [0.2, 0.25) is 0 Å². The van der Waals surface area contributed by atoms with Crippen molar-refractivity contribution in [2.24, 2.45) is 5.92 Å². The highest BCUT2D eigenvalue weighted by atomic mass is 16.5. The summed E-state index contributed by atoms with van der Waals surface area (Å²) in [4.78, 5) is 23.6. The van der Waals surface area contributed by atoms with Crippen molar-refractivity contribution in [1.29, 1.82) is 0 Å². The maximum Gasteiger partial charge on any atom is 0.326 e. The number of nitrogens with zero attached hydrogens (tertiary/aromatic N) is 2. The Morgan fingerprint density at radius 1 is 1.35 bits per heavy atom. The molecule has 1 fully saturated rings. The molecule has 0 spiro atoms. The van der Waals surface area contributed by atoms with Crippen LogP contribution in [0.1, 0.15) is 23.3 Å². The minimum atomic E-state index is -1.03. The van der Waals surface area contributed by atoms with Crippen molar-refractivity contribution in [2.75, 3.05) is 7.11 Å². The van der Waals surface area contributed by atoms with E-state index in [1.807, 2.05) is 30.3 Å². The van der Waals surface area contributed by atoms with Crippen LogP contribution in [-0.2, 0) is 4.79 Å². The fourth-order valence-electron chi connectivity index (χ4n) is 2.40. The minimum Gasteiger partial charge on any atom is -0.493 e. The van der Waals surface area contributed by atoms with Gasteiger partial charge in [-0.15, -0.1) is 0 Å². The standard InChI is InChI=1S/C16H17N3O4/c1-23-12-9-19(11-5-3-2-4-6-11)18-14(12)15(20)17-13(16(21)22)10-7-8-10/h2-6,9-10,13H,7-8H2,1H3,(H,17,20)(H,21,22). The maximum atomic E-state index is 12.4. The Labute approximate surface area is 132 Å². The number of amides is 1. The molecule has 23 heavy (non-hydrogen) atoms. The second-order valence-corrected chi connectivity index (χ2v) is 5.45. The molecule has 1 aromatic heterocycles. The second kappa shape index (κ2) is 6.12. The molecule has 1 aromatic carbocycles. The average molecular weight is 315 g/mol. The Hall–Kier alpha value is -2.83. The molecule has 3 rings (SSSR count). The molecule has 0 saturated heterocycles. The SMILES string of the molecule is COc1cn(-c2ccccc2)nc1C(=O)NC(C(=O)O)C1CC1. The number of aromatic nitrogens is 2. The van der Waals surface area contributed by atoms with E-state index >= 15 is 0 Å². The zero-order chi connectivity index (χ0) is 16.4. The third kappa shape index (κ3) is 3.18. The summed E-state index contributed by atoms with van der Waals surface area (Å²) in [6.45, 7) is 0. The number of hydrogen-bond donors (Lipinski definition) is 2. The Bertz CT molecular complexity index is 722. The number of aliphatic carboxylic acids is 1. The number of methoxy groups -OCH3 is 1. The number of carbonyl (C=O) groups excluding carboxylic acids is 1. The van der Waals surface area contributed by atoms with Gasteiger partial charge in [0, 0.05) is 0 Å². The minimum absolute atomic E-state index is 0.00125. The van der Waals surface area contributed by atoms with Gasteiger partial charge in [-0.2, -0.15) is 5.10 Å². The number of rotatable bonds is 6. The van der Waals surface area contributed by atoms with Crippen LogP contribution in [0.25, 0.3) is 5.69 Å². The lowest BCUT2D eigenvalue weighted by Gasteiger charge is -2.12. The van der Waals surface area contributed by atoms with Crippen molar-refractivity contribution in [3.05, 3.63) is 42.2 Å². The van der Waals surface area contributed by atoms with E-state index in [0.717, 1.165) is 18.5 Å². The molecule has 0 aliphatic heterocycles. The number of benzene rings is 1. The molecule has 1 saturated carbocycles. The molecule has 1 aliphatic rings. The van der Waals surface area contributed by atoms with Gasteiger partial charge < -0.3 is 15.2 Å². The summed E-state index contributed by atoms with van der Waals surface area (Å²) < 4.78 is 6.72. The summed E-state index contributed by atoms with van der Waals surface area (Å²) in [5.41, 5.74) is 0.852. The number of nitrogens with one attached hydrogen (secondary N) is 1. The van der Waals surface area contributed by atoms with Gasteiger partial charge in [0.05, 0.1) is 19.0 Å². The van der Waals surface area contributed by atoms with Gasteiger partial charge >= 0.3 is 5.97 Å². The first-order valence-corrected chi connectivity index (χ1v) is 7.33. The van der Waals surface area contributed by atoms with E-state index in [9.17, 15) is 14.7 Å². The van der Waals surface area contributed by atoms with Gasteiger partial charge in [0.15, 0.2) is 11.4 Å². The van der Waals surface area contributed by atoms with Crippen molar-refractivity contribution in [3.8, 4) is 11.4 Å². The smallest absolute Gasteiger partial charge is 0.326 e. The number of carboxylic acids is 1. The van der Waals surface area contributed by atoms with E-state index in [1.165, 1.54) is 11.8 Å². The lowest BCUT2D eigenvalue weighted by molar-refractivity contribution is -0.139. The van der Waals surface area contributed by atoms with Gasteiger partial charge in [-0.05, 0) is 30.9 Å². The van der Waals surface area contributed by atoms with Gasteiger partial charge in [0.25, 0.3) is 5.91 Å². The Morgan fingerprint density at radius 3 is 2.61 bits per heavy atom. The van der Waals surface area contributed by atoms with Crippen LogP contribution in [0.3, 0.4) is 0 Å². The van der Waals surface area contributed by atoms with E-state index in [0.29, 0.717) is 5.75 Å². The van der Waals surface area contributed by atoms with Crippen LogP contribution in [0, 0.1) is 5.92 Å². The highest BCUT2D eigenvalue weighted by Gasteiger charge is 2.38. The van der Waals surface area contributed by atoms with Crippen LogP contribution in [0.15, 0.2) is 36.5 Å². The van der Waals surface area contributed by atoms with E-state index in [-0.39, 0.29) is 11.6 Å². The fourth-order valence-corrected chi connectivity index (χ4v) is 2.40. The lowest BCUT2D eigenvalue weighted by Crippen LogP contribution is -2.42. The first-order chi connectivity index (χ1) is 11.1. The van der Waals surface area contributed by atoms with E-state index < -0.39 is 17.9 Å². The predicted octanol–water partition coefficient (Wildman–Crippen LogP) is 1.47. The van der Waals surface area contributed by atoms with Gasteiger partial charge in [0.2, 0.25) is 0 Å². The molecule has 120 valence electrons. The zero-order valence-electron chi connectivity index (χ0n) is 12.6. The molecule has 1 atom stereocenters. The molecule has 1 aliphatic carbocycles. The number of hydrogen-bond acceptors (Lipinski definition) is 4. The van der Waals surface area contributed by atoms with Crippen molar-refractivity contribution in [1.82, 2.24) is 15.1 Å². The average Bonchev–Trinajstić information content (AvgIpc) is 3.30. The Kier molecular flexibility index (Phi) is 4.01. The summed E-state index contributed by atoms with van der Waals surface area (Å²) in [6, 6.07) is 8.41. The van der Waals surface area contributed by atoms with Crippen LogP contribution in [0.4, 0.5) is 0 Å². The molecule has 1 heterocycles. The van der Waals surface area contributed by atoms with Crippen LogP contribution in [0.5, 0.6) is 5.75 Å². The molecule has 1 amide bonds. The van der Waals surface area contributed by atoms with E-state index in [4.69, 9.17) is 4.74 Å². The Morgan fingerprint density at radius 2 is 2.04 bits per heavy atom. The molecule has 1 unspecified atom stereocenters.